The lowest BCUT2D eigenvalue weighted by Gasteiger charge is -2.23. The predicted molar refractivity (Wildman–Crippen MR) is 85.6 cm³/mol. The van der Waals surface area contributed by atoms with E-state index >= 15 is 0 Å². The molecule has 1 aromatic heterocycles. The molecule has 1 aliphatic rings. The summed E-state index contributed by atoms with van der Waals surface area (Å²) in [6, 6.07) is 3.78. The van der Waals surface area contributed by atoms with Crippen molar-refractivity contribution in [2.45, 2.75) is 38.6 Å². The number of fused-ring (bicyclic) bond motifs is 1. The number of alkyl halides is 2. The average Bonchev–Trinajstić information content (AvgIpc) is 3.02. The van der Waals surface area contributed by atoms with Gasteiger partial charge in [0.25, 0.3) is 0 Å². The number of nitrogens with one attached hydrogen (secondary N) is 2. The van der Waals surface area contributed by atoms with E-state index in [1.165, 1.54) is 24.5 Å². The van der Waals surface area contributed by atoms with Crippen LogP contribution in [0, 0.1) is 0 Å². The van der Waals surface area contributed by atoms with E-state index in [0.29, 0.717) is 17.1 Å². The summed E-state index contributed by atoms with van der Waals surface area (Å²) < 4.78 is 31.1. The molecule has 1 aliphatic heterocycles. The van der Waals surface area contributed by atoms with Gasteiger partial charge in [0.2, 0.25) is 0 Å². The summed E-state index contributed by atoms with van der Waals surface area (Å²) in [6.07, 6.45) is 2.97. The molecule has 0 spiro atoms. The smallest absolute Gasteiger partial charge is 0.387 e. The fourth-order valence-corrected chi connectivity index (χ4v) is 2.86. The van der Waals surface area contributed by atoms with E-state index < -0.39 is 12.6 Å². The molecule has 2 amide bonds. The van der Waals surface area contributed by atoms with E-state index in [2.05, 4.69) is 25.5 Å². The molecule has 3 rings (SSSR count). The summed E-state index contributed by atoms with van der Waals surface area (Å²) >= 11 is 5.87. The Labute approximate surface area is 147 Å². The molecule has 10 heteroatoms. The fourth-order valence-electron chi connectivity index (χ4n) is 2.66. The number of hydrogen-bond donors (Lipinski definition) is 2. The highest BCUT2D eigenvalue weighted by Gasteiger charge is 2.21. The summed E-state index contributed by atoms with van der Waals surface area (Å²) in [6.45, 7) is -2.40. The van der Waals surface area contributed by atoms with E-state index in [4.69, 9.17) is 11.6 Å². The van der Waals surface area contributed by atoms with Gasteiger partial charge in [0, 0.05) is 23.6 Å². The molecule has 134 valence electrons. The van der Waals surface area contributed by atoms with Crippen LogP contribution < -0.4 is 15.4 Å². The molecule has 25 heavy (non-hydrogen) atoms. The largest absolute Gasteiger partial charge is 0.434 e. The first-order valence-corrected chi connectivity index (χ1v) is 8.03. The van der Waals surface area contributed by atoms with Crippen molar-refractivity contribution >= 4 is 17.6 Å². The third-order valence-corrected chi connectivity index (χ3v) is 4.05. The van der Waals surface area contributed by atoms with Crippen LogP contribution in [-0.2, 0) is 19.5 Å². The van der Waals surface area contributed by atoms with Crippen molar-refractivity contribution in [3.05, 3.63) is 40.9 Å². The number of rotatable bonds is 5. The van der Waals surface area contributed by atoms with Crippen LogP contribution in [-0.4, -0.2) is 33.4 Å². The number of ether oxygens (including phenoxy) is 1. The summed E-state index contributed by atoms with van der Waals surface area (Å²) in [4.78, 5) is 16.2. The van der Waals surface area contributed by atoms with Crippen LogP contribution in [0.25, 0.3) is 0 Å². The van der Waals surface area contributed by atoms with Crippen molar-refractivity contribution in [3.63, 3.8) is 0 Å². The van der Waals surface area contributed by atoms with Gasteiger partial charge in [0.1, 0.15) is 17.9 Å². The van der Waals surface area contributed by atoms with Crippen molar-refractivity contribution in [1.82, 2.24) is 25.4 Å². The van der Waals surface area contributed by atoms with Crippen LogP contribution in [0.1, 0.15) is 17.8 Å². The van der Waals surface area contributed by atoms with Crippen molar-refractivity contribution in [3.8, 4) is 5.75 Å². The first-order chi connectivity index (χ1) is 12.0. The topological polar surface area (TPSA) is 81.1 Å². The summed E-state index contributed by atoms with van der Waals surface area (Å²) in [5.41, 5.74) is 0.366. The van der Waals surface area contributed by atoms with Crippen LogP contribution in [0.15, 0.2) is 24.5 Å². The molecule has 0 fully saturated rings. The monoisotopic (exact) mass is 371 g/mol. The summed E-state index contributed by atoms with van der Waals surface area (Å²) in [5.74, 6) is 0.871. The van der Waals surface area contributed by atoms with Gasteiger partial charge in [-0.15, -0.1) is 0 Å². The second kappa shape index (κ2) is 7.64. The molecule has 0 unspecified atom stereocenters. The zero-order valence-corrected chi connectivity index (χ0v) is 13.8. The van der Waals surface area contributed by atoms with E-state index in [-0.39, 0.29) is 18.3 Å². The molecular weight excluding hydrogens is 356 g/mol. The molecule has 0 aliphatic carbocycles. The molecular formula is C15H16ClF2N5O2. The number of halogens is 3. The maximum absolute atomic E-state index is 12.4. The SMILES string of the molecule is O=C(NCc1cc(Cl)ccc1OC(F)F)N[C@H]1CCc2ncnn2C1. The van der Waals surface area contributed by atoms with Crippen molar-refractivity contribution in [2.24, 2.45) is 0 Å². The molecule has 1 atom stereocenters. The third kappa shape index (κ3) is 4.56. The fraction of sp³-hybridized carbons (Fsp3) is 0.400. The minimum absolute atomic E-state index is 0.00966. The van der Waals surface area contributed by atoms with E-state index in [9.17, 15) is 13.6 Å². The van der Waals surface area contributed by atoms with Gasteiger partial charge in [-0.3, -0.25) is 0 Å². The molecule has 7 nitrogen and oxygen atoms in total. The number of nitrogens with zero attached hydrogens (tertiary/aromatic N) is 3. The van der Waals surface area contributed by atoms with Crippen molar-refractivity contribution < 1.29 is 18.3 Å². The number of amides is 2. The minimum atomic E-state index is -2.95. The molecule has 2 aromatic rings. The lowest BCUT2D eigenvalue weighted by atomic mass is 10.1. The minimum Gasteiger partial charge on any atom is -0.434 e. The number of aromatic nitrogens is 3. The standard InChI is InChI=1S/C15H16ClF2N5O2/c16-10-1-3-12(25-14(17)18)9(5-10)6-19-15(24)22-11-2-4-13-20-8-21-23(13)7-11/h1,3,5,8,11,14H,2,4,6-7H2,(H2,19,22,24)/t11-/m0/s1. The van der Waals surface area contributed by atoms with Gasteiger partial charge in [0.05, 0.1) is 12.6 Å². The van der Waals surface area contributed by atoms with Gasteiger partial charge in [-0.1, -0.05) is 11.6 Å². The van der Waals surface area contributed by atoms with E-state index in [1.54, 1.807) is 4.68 Å². The number of aryl methyl sites for hydroxylation is 1. The van der Waals surface area contributed by atoms with Crippen LogP contribution in [0.5, 0.6) is 5.75 Å². The van der Waals surface area contributed by atoms with Gasteiger partial charge in [-0.25, -0.2) is 14.5 Å². The second-order valence-corrected chi connectivity index (χ2v) is 5.99. The Kier molecular flexibility index (Phi) is 5.32. The Balaban J connectivity index is 1.55. The maximum Gasteiger partial charge on any atom is 0.387 e. The molecule has 0 bridgehead atoms. The Morgan fingerprint density at radius 1 is 1.48 bits per heavy atom. The van der Waals surface area contributed by atoms with Crippen LogP contribution >= 0.6 is 11.6 Å². The number of carbonyl (C=O) groups is 1. The van der Waals surface area contributed by atoms with Gasteiger partial charge >= 0.3 is 12.6 Å². The number of urea groups is 1. The highest BCUT2D eigenvalue weighted by molar-refractivity contribution is 6.30. The van der Waals surface area contributed by atoms with Crippen LogP contribution in [0.4, 0.5) is 13.6 Å². The quantitative estimate of drug-likeness (QED) is 0.845. The normalized spacial score (nSPS) is 16.4. The van der Waals surface area contributed by atoms with E-state index in [0.717, 1.165) is 18.7 Å². The lowest BCUT2D eigenvalue weighted by Crippen LogP contribution is -2.45. The van der Waals surface area contributed by atoms with Gasteiger partial charge in [-0.05, 0) is 24.6 Å². The Bertz CT molecular complexity index is 755. The molecule has 0 saturated heterocycles. The maximum atomic E-state index is 12.4. The molecule has 1 aromatic carbocycles. The Hall–Kier alpha value is -2.42. The first kappa shape index (κ1) is 17.4. The van der Waals surface area contributed by atoms with Crippen molar-refractivity contribution in [2.75, 3.05) is 0 Å². The first-order valence-electron chi connectivity index (χ1n) is 7.65. The van der Waals surface area contributed by atoms with Crippen LogP contribution in [0.3, 0.4) is 0 Å². The van der Waals surface area contributed by atoms with Gasteiger partial charge in [-0.2, -0.15) is 13.9 Å². The highest BCUT2D eigenvalue weighted by atomic mass is 35.5. The van der Waals surface area contributed by atoms with Crippen LogP contribution in [0.2, 0.25) is 5.02 Å². The molecule has 0 saturated carbocycles. The number of hydrogen-bond acceptors (Lipinski definition) is 4. The lowest BCUT2D eigenvalue weighted by molar-refractivity contribution is -0.0504. The Morgan fingerprint density at radius 3 is 3.12 bits per heavy atom. The summed E-state index contributed by atoms with van der Waals surface area (Å²) in [5, 5.41) is 9.91. The highest BCUT2D eigenvalue weighted by Crippen LogP contribution is 2.24. The average molecular weight is 372 g/mol. The van der Waals surface area contributed by atoms with Gasteiger partial charge in [0.15, 0.2) is 0 Å². The number of carbonyl (C=O) groups excluding carboxylic acids is 1. The third-order valence-electron chi connectivity index (χ3n) is 3.82. The zero-order chi connectivity index (χ0) is 17.8. The second-order valence-electron chi connectivity index (χ2n) is 5.55. The predicted octanol–water partition coefficient (Wildman–Crippen LogP) is 2.35. The number of benzene rings is 1. The van der Waals surface area contributed by atoms with Gasteiger partial charge < -0.3 is 15.4 Å². The van der Waals surface area contributed by atoms with E-state index in [1.807, 2.05) is 0 Å². The summed E-state index contributed by atoms with van der Waals surface area (Å²) in [7, 11) is 0. The molecule has 2 heterocycles. The zero-order valence-electron chi connectivity index (χ0n) is 13.1. The Morgan fingerprint density at radius 2 is 2.32 bits per heavy atom. The van der Waals surface area contributed by atoms with Crippen molar-refractivity contribution in [1.29, 1.82) is 0 Å². The molecule has 2 N–H and O–H groups in total. The molecule has 0 radical (unpaired) electrons.